The number of nitrogens with zero attached hydrogens (tertiary/aromatic N) is 1. The average Bonchev–Trinajstić information content (AvgIpc) is 2.85. The molecule has 3 unspecified atom stereocenters. The molecule has 3 atom stereocenters. The summed E-state index contributed by atoms with van der Waals surface area (Å²) in [5.74, 6) is 0.573. The number of nitrogens with one attached hydrogen (secondary N) is 1. The van der Waals surface area contributed by atoms with Crippen LogP contribution in [0.2, 0.25) is 0 Å². The van der Waals surface area contributed by atoms with Crippen LogP contribution >= 0.6 is 0 Å². The summed E-state index contributed by atoms with van der Waals surface area (Å²) < 4.78 is 5.80. The predicted octanol–water partition coefficient (Wildman–Crippen LogP) is 2.55. The van der Waals surface area contributed by atoms with E-state index in [0.29, 0.717) is 18.1 Å². The fourth-order valence-corrected chi connectivity index (χ4v) is 2.76. The van der Waals surface area contributed by atoms with Crippen molar-refractivity contribution in [3.05, 3.63) is 30.1 Å². The first kappa shape index (κ1) is 12.5. The largest absolute Gasteiger partial charge is 0.378 e. The lowest BCUT2D eigenvalue weighted by molar-refractivity contribution is 0.0775. The first-order valence-electron chi connectivity index (χ1n) is 6.61. The molecule has 0 aromatic carbocycles. The van der Waals surface area contributed by atoms with E-state index >= 15 is 0 Å². The Labute approximate surface area is 104 Å². The molecule has 2 rings (SSSR count). The maximum atomic E-state index is 5.80. The van der Waals surface area contributed by atoms with Crippen LogP contribution in [0.4, 0.5) is 0 Å². The second-order valence-corrected chi connectivity index (χ2v) is 4.59. The Morgan fingerprint density at radius 2 is 2.41 bits per heavy atom. The summed E-state index contributed by atoms with van der Waals surface area (Å²) in [7, 11) is 0. The second kappa shape index (κ2) is 6.12. The summed E-state index contributed by atoms with van der Waals surface area (Å²) >= 11 is 0. The molecule has 0 radical (unpaired) electrons. The van der Waals surface area contributed by atoms with Gasteiger partial charge in [-0.3, -0.25) is 4.98 Å². The van der Waals surface area contributed by atoms with E-state index in [1.165, 1.54) is 5.56 Å². The standard InChI is InChI=1S/C14H22N2O/c1-3-13-12(7-9-17-13)14(16-4-2)11-6-5-8-15-10-11/h5-6,8,10,12-14,16H,3-4,7,9H2,1-2H3. The van der Waals surface area contributed by atoms with Crippen LogP contribution in [-0.2, 0) is 4.74 Å². The van der Waals surface area contributed by atoms with Gasteiger partial charge in [0.1, 0.15) is 0 Å². The fourth-order valence-electron chi connectivity index (χ4n) is 2.76. The molecule has 2 heterocycles. The third-order valence-corrected chi connectivity index (χ3v) is 3.56. The highest BCUT2D eigenvalue weighted by Crippen LogP contribution is 2.34. The molecule has 94 valence electrons. The Balaban J connectivity index is 2.17. The highest BCUT2D eigenvalue weighted by atomic mass is 16.5. The van der Waals surface area contributed by atoms with Gasteiger partial charge in [-0.05, 0) is 31.0 Å². The maximum Gasteiger partial charge on any atom is 0.0619 e. The van der Waals surface area contributed by atoms with E-state index in [1.54, 1.807) is 0 Å². The summed E-state index contributed by atoms with van der Waals surface area (Å²) in [5.41, 5.74) is 1.28. The van der Waals surface area contributed by atoms with Crippen molar-refractivity contribution in [2.75, 3.05) is 13.2 Å². The van der Waals surface area contributed by atoms with Crippen LogP contribution in [0.1, 0.15) is 38.3 Å². The van der Waals surface area contributed by atoms with Crippen LogP contribution in [-0.4, -0.2) is 24.2 Å². The van der Waals surface area contributed by atoms with Crippen molar-refractivity contribution in [2.24, 2.45) is 5.92 Å². The van der Waals surface area contributed by atoms with Gasteiger partial charge in [0.2, 0.25) is 0 Å². The van der Waals surface area contributed by atoms with Crippen molar-refractivity contribution in [1.82, 2.24) is 10.3 Å². The fraction of sp³-hybridized carbons (Fsp3) is 0.643. The van der Waals surface area contributed by atoms with Crippen LogP contribution in [0.15, 0.2) is 24.5 Å². The summed E-state index contributed by atoms with van der Waals surface area (Å²) in [6, 6.07) is 4.54. The van der Waals surface area contributed by atoms with Gasteiger partial charge in [-0.2, -0.15) is 0 Å². The first-order valence-corrected chi connectivity index (χ1v) is 6.61. The molecule has 0 amide bonds. The molecule has 1 aromatic rings. The Bertz CT molecular complexity index is 328. The Kier molecular flexibility index (Phi) is 4.51. The molecule has 1 saturated heterocycles. The molecule has 0 aliphatic carbocycles. The van der Waals surface area contributed by atoms with Gasteiger partial charge < -0.3 is 10.1 Å². The lowest BCUT2D eigenvalue weighted by Crippen LogP contribution is -2.32. The highest BCUT2D eigenvalue weighted by molar-refractivity contribution is 5.16. The average molecular weight is 234 g/mol. The molecule has 0 bridgehead atoms. The summed E-state index contributed by atoms with van der Waals surface area (Å²) in [6.07, 6.45) is 6.42. The van der Waals surface area contributed by atoms with Crippen molar-refractivity contribution in [3.8, 4) is 0 Å². The van der Waals surface area contributed by atoms with Crippen molar-refractivity contribution < 1.29 is 4.74 Å². The molecule has 0 saturated carbocycles. The Morgan fingerprint density at radius 1 is 1.53 bits per heavy atom. The van der Waals surface area contributed by atoms with Gasteiger partial charge in [-0.15, -0.1) is 0 Å². The first-order chi connectivity index (χ1) is 8.36. The SMILES string of the molecule is CCNC(c1cccnc1)C1CCOC1CC. The van der Waals surface area contributed by atoms with Crippen LogP contribution in [0, 0.1) is 5.92 Å². The van der Waals surface area contributed by atoms with E-state index in [4.69, 9.17) is 4.74 Å². The molecule has 1 aliphatic rings. The van der Waals surface area contributed by atoms with E-state index in [0.717, 1.165) is 26.0 Å². The minimum absolute atomic E-state index is 0.376. The Hall–Kier alpha value is -0.930. The number of hydrogen-bond acceptors (Lipinski definition) is 3. The van der Waals surface area contributed by atoms with Gasteiger partial charge >= 0.3 is 0 Å². The van der Waals surface area contributed by atoms with Gasteiger partial charge in [0.05, 0.1) is 6.10 Å². The molecular weight excluding hydrogens is 212 g/mol. The van der Waals surface area contributed by atoms with Crippen molar-refractivity contribution in [2.45, 2.75) is 38.8 Å². The zero-order valence-corrected chi connectivity index (χ0v) is 10.7. The summed E-state index contributed by atoms with van der Waals surface area (Å²) in [5, 5.41) is 3.59. The van der Waals surface area contributed by atoms with Crippen molar-refractivity contribution >= 4 is 0 Å². The smallest absolute Gasteiger partial charge is 0.0619 e. The van der Waals surface area contributed by atoms with Gasteiger partial charge in [0, 0.05) is 31.0 Å². The van der Waals surface area contributed by atoms with Crippen molar-refractivity contribution in [1.29, 1.82) is 0 Å². The van der Waals surface area contributed by atoms with Gasteiger partial charge in [0.25, 0.3) is 0 Å². The molecule has 0 spiro atoms. The molecule has 1 aromatic heterocycles. The summed E-state index contributed by atoms with van der Waals surface area (Å²) in [4.78, 5) is 4.23. The van der Waals surface area contributed by atoms with E-state index in [2.05, 4.69) is 30.2 Å². The van der Waals surface area contributed by atoms with Crippen molar-refractivity contribution in [3.63, 3.8) is 0 Å². The van der Waals surface area contributed by atoms with Crippen LogP contribution in [0.25, 0.3) is 0 Å². The number of rotatable bonds is 5. The molecule has 1 N–H and O–H groups in total. The molecule has 3 heteroatoms. The normalized spacial score (nSPS) is 26.0. The van der Waals surface area contributed by atoms with Gasteiger partial charge in [0.15, 0.2) is 0 Å². The molecular formula is C14H22N2O. The summed E-state index contributed by atoms with van der Waals surface area (Å²) in [6.45, 7) is 6.23. The van der Waals surface area contributed by atoms with Gasteiger partial charge in [-0.25, -0.2) is 0 Å². The number of hydrogen-bond donors (Lipinski definition) is 1. The minimum atomic E-state index is 0.376. The van der Waals surface area contributed by atoms with Crippen LogP contribution in [0.3, 0.4) is 0 Å². The lowest BCUT2D eigenvalue weighted by atomic mass is 9.87. The molecule has 1 fully saturated rings. The topological polar surface area (TPSA) is 34.2 Å². The van der Waals surface area contributed by atoms with E-state index in [9.17, 15) is 0 Å². The second-order valence-electron chi connectivity index (χ2n) is 4.59. The third-order valence-electron chi connectivity index (χ3n) is 3.56. The third kappa shape index (κ3) is 2.85. The van der Waals surface area contributed by atoms with E-state index < -0.39 is 0 Å². The monoisotopic (exact) mass is 234 g/mol. The zero-order chi connectivity index (χ0) is 12.1. The number of ether oxygens (including phenoxy) is 1. The van der Waals surface area contributed by atoms with E-state index in [1.807, 2.05) is 18.5 Å². The molecule has 1 aliphatic heterocycles. The Morgan fingerprint density at radius 3 is 3.06 bits per heavy atom. The molecule has 17 heavy (non-hydrogen) atoms. The minimum Gasteiger partial charge on any atom is -0.378 e. The number of aromatic nitrogens is 1. The quantitative estimate of drug-likeness (QED) is 0.850. The molecule has 3 nitrogen and oxygen atoms in total. The zero-order valence-electron chi connectivity index (χ0n) is 10.7. The highest BCUT2D eigenvalue weighted by Gasteiger charge is 2.33. The number of pyridine rings is 1. The van der Waals surface area contributed by atoms with Crippen LogP contribution in [0.5, 0.6) is 0 Å². The maximum absolute atomic E-state index is 5.80. The van der Waals surface area contributed by atoms with E-state index in [-0.39, 0.29) is 0 Å². The van der Waals surface area contributed by atoms with Gasteiger partial charge in [-0.1, -0.05) is 19.9 Å². The van der Waals surface area contributed by atoms with Crippen LogP contribution < -0.4 is 5.32 Å². The lowest BCUT2D eigenvalue weighted by Gasteiger charge is -2.28. The predicted molar refractivity (Wildman–Crippen MR) is 68.8 cm³/mol.